The summed E-state index contributed by atoms with van der Waals surface area (Å²) in [5.74, 6) is 0. The molecule has 6 rings (SSSR count). The second kappa shape index (κ2) is 13.1. The lowest BCUT2D eigenvalue weighted by molar-refractivity contribution is 1.50. The smallest absolute Gasteiger partial charge is 0.00268 e. The number of hydrogen-bond donors (Lipinski definition) is 0. The maximum absolute atomic E-state index is 2.21. The van der Waals surface area contributed by atoms with Gasteiger partial charge in [-0.1, -0.05) is 151 Å². The molecule has 6 aromatic carbocycles. The van der Waals surface area contributed by atoms with E-state index in [1.54, 1.807) is 0 Å². The third kappa shape index (κ3) is 5.45. The summed E-state index contributed by atoms with van der Waals surface area (Å²) < 4.78 is 0. The molecule has 0 saturated heterocycles. The van der Waals surface area contributed by atoms with Gasteiger partial charge < -0.3 is 0 Å². The minimum absolute atomic E-state index is 1.31. The SMILES string of the molecule is CC.CC.CC.c1cc2ccc3cccc4ccc(c1)c2c34.c1ccc2ccccc2c1. The molecule has 0 bridgehead atoms. The van der Waals surface area contributed by atoms with Crippen LogP contribution in [0, 0.1) is 0 Å². The predicted molar refractivity (Wildman–Crippen MR) is 148 cm³/mol. The van der Waals surface area contributed by atoms with E-state index in [1.165, 1.54) is 43.1 Å². The Kier molecular flexibility index (Phi) is 10.2. The molecular formula is C32H36. The first-order valence-corrected chi connectivity index (χ1v) is 12.0. The fraction of sp³-hybridized carbons (Fsp3) is 0.188. The van der Waals surface area contributed by atoms with Gasteiger partial charge in [0.05, 0.1) is 0 Å². The van der Waals surface area contributed by atoms with Crippen molar-refractivity contribution in [2.24, 2.45) is 0 Å². The standard InChI is InChI=1S/C16H10.C10H8.3C2H6/c1-3-11-7-9-13-5-2-6-14-10-8-12(4-1)15(11)16(13)14;1-2-6-10-8-4-3-7-9(10)5-1;3*1-2/h1-10H;1-8H;3*1-2H3. The Morgan fingerprint density at radius 1 is 0.250 bits per heavy atom. The Bertz CT molecular complexity index is 1130. The van der Waals surface area contributed by atoms with Gasteiger partial charge in [-0.05, 0) is 43.1 Å². The summed E-state index contributed by atoms with van der Waals surface area (Å²) in [5, 5.41) is 10.8. The van der Waals surface area contributed by atoms with E-state index in [9.17, 15) is 0 Å². The third-order valence-corrected chi connectivity index (χ3v) is 5.05. The van der Waals surface area contributed by atoms with Gasteiger partial charge in [0.1, 0.15) is 0 Å². The first-order chi connectivity index (χ1) is 15.9. The molecule has 0 aliphatic heterocycles. The Hall–Kier alpha value is -3.38. The van der Waals surface area contributed by atoms with Gasteiger partial charge in [0, 0.05) is 0 Å². The summed E-state index contributed by atoms with van der Waals surface area (Å²) in [7, 11) is 0. The van der Waals surface area contributed by atoms with E-state index in [4.69, 9.17) is 0 Å². The molecule has 0 atom stereocenters. The largest absolute Gasteiger partial charge is 0.0683 e. The van der Waals surface area contributed by atoms with Gasteiger partial charge in [-0.25, -0.2) is 0 Å². The Morgan fingerprint density at radius 3 is 0.719 bits per heavy atom. The quantitative estimate of drug-likeness (QED) is 0.214. The molecule has 32 heavy (non-hydrogen) atoms. The van der Waals surface area contributed by atoms with Gasteiger partial charge in [0.25, 0.3) is 0 Å². The lowest BCUT2D eigenvalue weighted by Gasteiger charge is -2.09. The zero-order valence-corrected chi connectivity index (χ0v) is 20.4. The van der Waals surface area contributed by atoms with E-state index >= 15 is 0 Å². The fourth-order valence-corrected chi connectivity index (χ4v) is 3.80. The van der Waals surface area contributed by atoms with Gasteiger partial charge in [0.15, 0.2) is 0 Å². The van der Waals surface area contributed by atoms with Crippen LogP contribution >= 0.6 is 0 Å². The van der Waals surface area contributed by atoms with E-state index in [2.05, 4.69) is 109 Å². The average Bonchev–Trinajstić information content (AvgIpc) is 2.91. The van der Waals surface area contributed by atoms with Crippen LogP contribution in [0.25, 0.3) is 43.1 Å². The number of hydrogen-bond acceptors (Lipinski definition) is 0. The van der Waals surface area contributed by atoms with Crippen molar-refractivity contribution in [3.63, 3.8) is 0 Å². The molecule has 0 saturated carbocycles. The second-order valence-electron chi connectivity index (χ2n) is 6.64. The van der Waals surface area contributed by atoms with Crippen molar-refractivity contribution in [1.82, 2.24) is 0 Å². The molecule has 0 aliphatic rings. The second-order valence-corrected chi connectivity index (χ2v) is 6.64. The molecular weight excluding hydrogens is 384 g/mol. The molecule has 0 N–H and O–H groups in total. The van der Waals surface area contributed by atoms with Crippen LogP contribution in [0.2, 0.25) is 0 Å². The minimum atomic E-state index is 1.31. The van der Waals surface area contributed by atoms with Crippen LogP contribution < -0.4 is 0 Å². The van der Waals surface area contributed by atoms with Crippen LogP contribution in [0.5, 0.6) is 0 Å². The molecule has 0 unspecified atom stereocenters. The van der Waals surface area contributed by atoms with Crippen LogP contribution in [0.3, 0.4) is 0 Å². The van der Waals surface area contributed by atoms with E-state index in [-0.39, 0.29) is 0 Å². The van der Waals surface area contributed by atoms with Crippen molar-refractivity contribution >= 4 is 43.1 Å². The van der Waals surface area contributed by atoms with Gasteiger partial charge >= 0.3 is 0 Å². The Labute approximate surface area is 193 Å². The van der Waals surface area contributed by atoms with Gasteiger partial charge in [0.2, 0.25) is 0 Å². The van der Waals surface area contributed by atoms with Crippen LogP contribution in [0.4, 0.5) is 0 Å². The molecule has 0 aliphatic carbocycles. The predicted octanol–water partition coefficient (Wildman–Crippen LogP) is 10.5. The summed E-state index contributed by atoms with van der Waals surface area (Å²) in [5.41, 5.74) is 0. The van der Waals surface area contributed by atoms with Crippen molar-refractivity contribution in [3.8, 4) is 0 Å². The van der Waals surface area contributed by atoms with E-state index < -0.39 is 0 Å². The number of fused-ring (bicyclic) bond motifs is 1. The van der Waals surface area contributed by atoms with Crippen LogP contribution in [0.1, 0.15) is 41.5 Å². The molecule has 0 spiro atoms. The van der Waals surface area contributed by atoms with Gasteiger partial charge in [-0.3, -0.25) is 0 Å². The lowest BCUT2D eigenvalue weighted by atomic mass is 9.95. The van der Waals surface area contributed by atoms with Gasteiger partial charge in [-0.2, -0.15) is 0 Å². The lowest BCUT2D eigenvalue weighted by Crippen LogP contribution is -1.82. The van der Waals surface area contributed by atoms with E-state index in [0.29, 0.717) is 0 Å². The average molecular weight is 421 g/mol. The van der Waals surface area contributed by atoms with Crippen LogP contribution in [0.15, 0.2) is 109 Å². The van der Waals surface area contributed by atoms with Crippen molar-refractivity contribution < 1.29 is 0 Å². The van der Waals surface area contributed by atoms with E-state index in [1.807, 2.05) is 41.5 Å². The monoisotopic (exact) mass is 420 g/mol. The molecule has 6 aromatic rings. The molecule has 0 nitrogen and oxygen atoms in total. The first kappa shape index (κ1) is 24.9. The summed E-state index contributed by atoms with van der Waals surface area (Å²) in [6, 6.07) is 38.6. The number of rotatable bonds is 0. The van der Waals surface area contributed by atoms with E-state index in [0.717, 1.165) is 0 Å². The van der Waals surface area contributed by atoms with Crippen molar-refractivity contribution in [1.29, 1.82) is 0 Å². The molecule has 0 amide bonds. The normalized spacial score (nSPS) is 9.56. The summed E-state index contributed by atoms with van der Waals surface area (Å²) in [6.45, 7) is 12.0. The molecule has 0 aromatic heterocycles. The van der Waals surface area contributed by atoms with Crippen molar-refractivity contribution in [3.05, 3.63) is 109 Å². The van der Waals surface area contributed by atoms with Crippen LogP contribution in [-0.4, -0.2) is 0 Å². The topological polar surface area (TPSA) is 0 Å². The maximum Gasteiger partial charge on any atom is -0.00268 e. The van der Waals surface area contributed by atoms with Crippen molar-refractivity contribution in [2.75, 3.05) is 0 Å². The summed E-state index contributed by atoms with van der Waals surface area (Å²) >= 11 is 0. The highest BCUT2D eigenvalue weighted by molar-refractivity contribution is 6.22. The molecule has 0 radical (unpaired) electrons. The molecule has 0 heterocycles. The zero-order chi connectivity index (χ0) is 23.3. The summed E-state index contributed by atoms with van der Waals surface area (Å²) in [6.07, 6.45) is 0. The first-order valence-electron chi connectivity index (χ1n) is 12.0. The minimum Gasteiger partial charge on any atom is -0.0683 e. The fourth-order valence-electron chi connectivity index (χ4n) is 3.80. The summed E-state index contributed by atoms with van der Waals surface area (Å²) in [4.78, 5) is 0. The third-order valence-electron chi connectivity index (χ3n) is 5.05. The molecule has 164 valence electrons. The highest BCUT2D eigenvalue weighted by Crippen LogP contribution is 2.33. The van der Waals surface area contributed by atoms with Crippen LogP contribution in [-0.2, 0) is 0 Å². The maximum atomic E-state index is 2.21. The van der Waals surface area contributed by atoms with Gasteiger partial charge in [-0.15, -0.1) is 0 Å². The number of benzene rings is 6. The highest BCUT2D eigenvalue weighted by Gasteiger charge is 2.05. The van der Waals surface area contributed by atoms with Crippen molar-refractivity contribution in [2.45, 2.75) is 41.5 Å². The highest BCUT2D eigenvalue weighted by atomic mass is 14.1. The zero-order valence-electron chi connectivity index (χ0n) is 20.4. The Balaban J connectivity index is 0.000000197. The Morgan fingerprint density at radius 2 is 0.469 bits per heavy atom. The molecule has 0 heteroatoms. The molecule has 0 fully saturated rings.